The van der Waals surface area contributed by atoms with Gasteiger partial charge in [-0.15, -0.1) is 10.0 Å². The first-order valence-corrected chi connectivity index (χ1v) is 10.6. The number of methoxy groups -OCH3 is 1. The van der Waals surface area contributed by atoms with Crippen molar-refractivity contribution in [1.82, 2.24) is 0 Å². The summed E-state index contributed by atoms with van der Waals surface area (Å²) in [5, 5.41) is 0. The van der Waals surface area contributed by atoms with Crippen molar-refractivity contribution in [2.75, 3.05) is 7.11 Å². The maximum atomic E-state index is 5.41. The summed E-state index contributed by atoms with van der Waals surface area (Å²) in [5.74, 6) is 0.876. The van der Waals surface area contributed by atoms with Gasteiger partial charge < -0.3 is 4.74 Å². The zero-order chi connectivity index (χ0) is 18.5. The molecule has 0 radical (unpaired) electrons. The van der Waals surface area contributed by atoms with Crippen LogP contribution >= 0.6 is 10.0 Å². The first-order chi connectivity index (χ1) is 13.4. The van der Waals surface area contributed by atoms with E-state index in [1.807, 2.05) is 0 Å². The Balaban J connectivity index is 2.09. The Bertz CT molecular complexity index is 884. The molecule has 0 amide bonds. The fourth-order valence-electron chi connectivity index (χ4n) is 3.47. The van der Waals surface area contributed by atoms with Gasteiger partial charge in [-0.2, -0.15) is 0 Å². The number of rotatable bonds is 5. The number of hydrogen-bond acceptors (Lipinski definition) is 1. The highest BCUT2D eigenvalue weighted by molar-refractivity contribution is 8.34. The van der Waals surface area contributed by atoms with Crippen molar-refractivity contribution in [2.24, 2.45) is 0 Å². The third kappa shape index (κ3) is 3.13. The van der Waals surface area contributed by atoms with Gasteiger partial charge in [0.15, 0.2) is 0 Å². The van der Waals surface area contributed by atoms with E-state index in [0.717, 1.165) is 5.75 Å². The monoisotopic (exact) mass is 370 g/mol. The van der Waals surface area contributed by atoms with E-state index in [0.29, 0.717) is 0 Å². The SMILES string of the molecule is COc1ccc(S(c2ccccc2)(c2ccccc2)c2ccccc2)cc1. The Kier molecular flexibility index (Phi) is 4.99. The van der Waals surface area contributed by atoms with E-state index < -0.39 is 10.0 Å². The van der Waals surface area contributed by atoms with Crippen molar-refractivity contribution in [3.63, 3.8) is 0 Å². The largest absolute Gasteiger partial charge is 0.497 e. The number of hydrogen-bond donors (Lipinski definition) is 0. The summed E-state index contributed by atoms with van der Waals surface area (Å²) in [7, 11) is 0.117. The van der Waals surface area contributed by atoms with Crippen LogP contribution in [0.1, 0.15) is 0 Å². The lowest BCUT2D eigenvalue weighted by Crippen LogP contribution is -2.05. The highest BCUT2D eigenvalue weighted by Gasteiger charge is 2.32. The summed E-state index contributed by atoms with van der Waals surface area (Å²) >= 11 is 0. The predicted molar refractivity (Wildman–Crippen MR) is 113 cm³/mol. The Morgan fingerprint density at radius 3 is 1.11 bits per heavy atom. The van der Waals surface area contributed by atoms with E-state index in [-0.39, 0.29) is 0 Å². The lowest BCUT2D eigenvalue weighted by Gasteiger charge is -2.42. The third-order valence-electron chi connectivity index (χ3n) is 4.70. The van der Waals surface area contributed by atoms with Crippen LogP contribution in [-0.4, -0.2) is 7.11 Å². The van der Waals surface area contributed by atoms with Gasteiger partial charge in [0.2, 0.25) is 0 Å². The summed E-state index contributed by atoms with van der Waals surface area (Å²) in [6.45, 7) is 0. The topological polar surface area (TPSA) is 9.23 Å². The second-order valence-electron chi connectivity index (χ2n) is 6.23. The molecule has 0 saturated carbocycles. The van der Waals surface area contributed by atoms with Gasteiger partial charge in [0.25, 0.3) is 0 Å². The smallest absolute Gasteiger partial charge is 0.118 e. The van der Waals surface area contributed by atoms with Crippen molar-refractivity contribution >= 4 is 10.0 Å². The first-order valence-electron chi connectivity index (χ1n) is 8.98. The molecule has 0 fully saturated rings. The van der Waals surface area contributed by atoms with E-state index in [2.05, 4.69) is 115 Å². The zero-order valence-electron chi connectivity index (χ0n) is 15.3. The van der Waals surface area contributed by atoms with Gasteiger partial charge in [-0.05, 0) is 60.7 Å². The van der Waals surface area contributed by atoms with Gasteiger partial charge in [0.05, 0.1) is 7.11 Å². The lowest BCUT2D eigenvalue weighted by atomic mass is 10.3. The van der Waals surface area contributed by atoms with Crippen LogP contribution in [-0.2, 0) is 0 Å². The van der Waals surface area contributed by atoms with Gasteiger partial charge in [-0.25, -0.2) is 0 Å². The van der Waals surface area contributed by atoms with Crippen molar-refractivity contribution < 1.29 is 4.74 Å². The van der Waals surface area contributed by atoms with Gasteiger partial charge >= 0.3 is 0 Å². The minimum Gasteiger partial charge on any atom is -0.497 e. The molecule has 0 aromatic heterocycles. The molecule has 134 valence electrons. The zero-order valence-corrected chi connectivity index (χ0v) is 16.1. The third-order valence-corrected chi connectivity index (χ3v) is 8.62. The second-order valence-corrected chi connectivity index (χ2v) is 9.34. The maximum Gasteiger partial charge on any atom is 0.118 e. The number of benzene rings is 4. The summed E-state index contributed by atoms with van der Waals surface area (Å²) in [6.07, 6.45) is 0. The van der Waals surface area contributed by atoms with Crippen LogP contribution in [0.25, 0.3) is 0 Å². The molecule has 0 atom stereocenters. The molecule has 0 aliphatic carbocycles. The summed E-state index contributed by atoms with van der Waals surface area (Å²) in [6, 6.07) is 41.1. The van der Waals surface area contributed by atoms with Crippen molar-refractivity contribution in [3.05, 3.63) is 115 Å². The highest BCUT2D eigenvalue weighted by atomic mass is 32.3. The summed E-state index contributed by atoms with van der Waals surface area (Å²) < 4.78 is 5.41. The molecule has 4 aromatic rings. The molecule has 0 heterocycles. The molecule has 0 saturated heterocycles. The molecular formula is C25H22OS. The normalized spacial score (nSPS) is 11.7. The van der Waals surface area contributed by atoms with Crippen LogP contribution in [0, 0.1) is 0 Å². The molecule has 27 heavy (non-hydrogen) atoms. The predicted octanol–water partition coefficient (Wildman–Crippen LogP) is 7.04. The second kappa shape index (κ2) is 7.73. The minimum absolute atomic E-state index is 0.876. The van der Waals surface area contributed by atoms with Gasteiger partial charge in [-0.3, -0.25) is 0 Å². The Morgan fingerprint density at radius 1 is 0.444 bits per heavy atom. The van der Waals surface area contributed by atoms with Crippen LogP contribution in [0.4, 0.5) is 0 Å². The fourth-order valence-corrected chi connectivity index (χ4v) is 7.34. The summed E-state index contributed by atoms with van der Waals surface area (Å²) in [4.78, 5) is 5.28. The van der Waals surface area contributed by atoms with Crippen molar-refractivity contribution in [1.29, 1.82) is 0 Å². The average Bonchev–Trinajstić information content (AvgIpc) is 2.77. The Labute approximate surface area is 162 Å². The molecule has 2 heteroatoms. The molecule has 0 aliphatic rings. The highest BCUT2D eigenvalue weighted by Crippen LogP contribution is 2.73. The molecule has 0 bridgehead atoms. The van der Waals surface area contributed by atoms with Crippen molar-refractivity contribution in [3.8, 4) is 5.75 Å². The fraction of sp³-hybridized carbons (Fsp3) is 0.0400. The van der Waals surface area contributed by atoms with Crippen LogP contribution in [0.3, 0.4) is 0 Å². The van der Waals surface area contributed by atoms with E-state index in [4.69, 9.17) is 4.74 Å². The van der Waals surface area contributed by atoms with Crippen molar-refractivity contribution in [2.45, 2.75) is 19.6 Å². The quantitative estimate of drug-likeness (QED) is 0.366. The molecule has 0 unspecified atom stereocenters. The van der Waals surface area contributed by atoms with Crippen LogP contribution in [0.5, 0.6) is 5.75 Å². The lowest BCUT2D eigenvalue weighted by molar-refractivity contribution is 0.414. The molecule has 4 aromatic carbocycles. The molecule has 1 nitrogen and oxygen atoms in total. The average molecular weight is 371 g/mol. The molecule has 4 rings (SSSR count). The van der Waals surface area contributed by atoms with E-state index in [9.17, 15) is 0 Å². The van der Waals surface area contributed by atoms with E-state index in [1.165, 1.54) is 19.6 Å². The molecule has 0 spiro atoms. The maximum absolute atomic E-state index is 5.41. The molecule has 0 aliphatic heterocycles. The van der Waals surface area contributed by atoms with Crippen LogP contribution in [0.15, 0.2) is 135 Å². The number of ether oxygens (including phenoxy) is 1. The van der Waals surface area contributed by atoms with Gasteiger partial charge in [0.1, 0.15) is 5.75 Å². The Morgan fingerprint density at radius 2 is 0.778 bits per heavy atom. The minimum atomic E-state index is -1.59. The Hall–Kier alpha value is -2.97. The molecule has 0 N–H and O–H groups in total. The molecular weight excluding hydrogens is 348 g/mol. The summed E-state index contributed by atoms with van der Waals surface area (Å²) in [5.41, 5.74) is 0. The van der Waals surface area contributed by atoms with Gasteiger partial charge in [0, 0.05) is 19.6 Å². The van der Waals surface area contributed by atoms with E-state index in [1.54, 1.807) is 7.11 Å². The van der Waals surface area contributed by atoms with Crippen LogP contribution < -0.4 is 4.74 Å². The van der Waals surface area contributed by atoms with Gasteiger partial charge in [-0.1, -0.05) is 54.6 Å². The standard InChI is InChI=1S/C25H22OS/c1-26-21-17-19-25(20-18-21)27(22-11-5-2-6-12-22,23-13-7-3-8-14-23)24-15-9-4-10-16-24/h2-20H,1H3. The first kappa shape index (κ1) is 17.4. The van der Waals surface area contributed by atoms with E-state index >= 15 is 0 Å². The van der Waals surface area contributed by atoms with Crippen LogP contribution in [0.2, 0.25) is 0 Å².